The molecule has 1 aromatic heterocycles. The van der Waals surface area contributed by atoms with Gasteiger partial charge in [-0.25, -0.2) is 14.6 Å². The van der Waals surface area contributed by atoms with Gasteiger partial charge in [0.05, 0.1) is 16.8 Å². The standard InChI is InChI=1S/C26H28N2O5/c1-4-7-23(29)28(24(16(2)3)26(32)33)15-17-10-12-21-18(14-17)11-13-22(27-21)19-8-5-6-9-20(19)25(30)31/h5-6,8-14,16,24H,4,7,15H2,1-3H3,(H,30,31)(H,32,33)/t24-/m0/s1. The Morgan fingerprint density at radius 1 is 1.00 bits per heavy atom. The summed E-state index contributed by atoms with van der Waals surface area (Å²) in [6.45, 7) is 5.67. The molecule has 7 nitrogen and oxygen atoms in total. The zero-order valence-electron chi connectivity index (χ0n) is 19.0. The minimum absolute atomic E-state index is 0.180. The zero-order valence-corrected chi connectivity index (χ0v) is 19.0. The zero-order chi connectivity index (χ0) is 24.1. The maximum absolute atomic E-state index is 12.8. The molecule has 0 bridgehead atoms. The molecule has 0 aliphatic rings. The van der Waals surface area contributed by atoms with Gasteiger partial charge in [-0.3, -0.25) is 4.79 Å². The van der Waals surface area contributed by atoms with Crippen LogP contribution in [0.25, 0.3) is 22.2 Å². The first-order valence-electron chi connectivity index (χ1n) is 11.0. The summed E-state index contributed by atoms with van der Waals surface area (Å²) in [7, 11) is 0. The van der Waals surface area contributed by atoms with Crippen molar-refractivity contribution in [3.63, 3.8) is 0 Å². The number of carboxylic acids is 2. The fourth-order valence-corrected chi connectivity index (χ4v) is 3.99. The SMILES string of the molecule is CCCC(=O)N(Cc1ccc2nc(-c3ccccc3C(=O)O)ccc2c1)[C@H](C(=O)O)C(C)C. The van der Waals surface area contributed by atoms with Crippen LogP contribution in [0, 0.1) is 5.92 Å². The van der Waals surface area contributed by atoms with Crippen LogP contribution >= 0.6 is 0 Å². The van der Waals surface area contributed by atoms with Gasteiger partial charge in [0.1, 0.15) is 6.04 Å². The van der Waals surface area contributed by atoms with Crippen molar-refractivity contribution >= 4 is 28.7 Å². The van der Waals surface area contributed by atoms with Crippen LogP contribution in [0.2, 0.25) is 0 Å². The van der Waals surface area contributed by atoms with Crippen LogP contribution in [0.15, 0.2) is 54.6 Å². The number of carbonyl (C=O) groups is 3. The number of fused-ring (bicyclic) bond motifs is 1. The number of carbonyl (C=O) groups excluding carboxylic acids is 1. The Balaban J connectivity index is 1.96. The molecule has 0 radical (unpaired) electrons. The van der Waals surface area contributed by atoms with E-state index in [1.165, 1.54) is 4.90 Å². The van der Waals surface area contributed by atoms with Crippen LogP contribution in [-0.2, 0) is 16.1 Å². The van der Waals surface area contributed by atoms with E-state index in [0.717, 1.165) is 10.9 Å². The number of pyridine rings is 1. The maximum atomic E-state index is 12.8. The largest absolute Gasteiger partial charge is 0.480 e. The van der Waals surface area contributed by atoms with E-state index in [2.05, 4.69) is 4.98 Å². The highest BCUT2D eigenvalue weighted by atomic mass is 16.4. The summed E-state index contributed by atoms with van der Waals surface area (Å²) >= 11 is 0. The molecule has 2 aromatic carbocycles. The van der Waals surface area contributed by atoms with E-state index >= 15 is 0 Å². The van der Waals surface area contributed by atoms with Gasteiger partial charge < -0.3 is 15.1 Å². The minimum Gasteiger partial charge on any atom is -0.480 e. The third kappa shape index (κ3) is 5.37. The summed E-state index contributed by atoms with van der Waals surface area (Å²) in [4.78, 5) is 42.3. The van der Waals surface area contributed by atoms with Crippen molar-refractivity contribution in [1.29, 1.82) is 0 Å². The molecule has 0 saturated carbocycles. The van der Waals surface area contributed by atoms with E-state index in [-0.39, 0.29) is 30.4 Å². The molecule has 33 heavy (non-hydrogen) atoms. The smallest absolute Gasteiger partial charge is 0.336 e. The molecule has 7 heteroatoms. The van der Waals surface area contributed by atoms with E-state index in [9.17, 15) is 24.6 Å². The number of hydrogen-bond donors (Lipinski definition) is 2. The molecule has 0 spiro atoms. The predicted octanol–water partition coefficient (Wildman–Crippen LogP) is 4.84. The van der Waals surface area contributed by atoms with Crippen molar-refractivity contribution in [3.8, 4) is 11.3 Å². The molecule has 1 atom stereocenters. The summed E-state index contributed by atoms with van der Waals surface area (Å²) in [5.74, 6) is -2.45. The molecule has 0 fully saturated rings. The predicted molar refractivity (Wildman–Crippen MR) is 126 cm³/mol. The number of benzene rings is 2. The maximum Gasteiger partial charge on any atom is 0.336 e. The van der Waals surface area contributed by atoms with Crippen LogP contribution in [0.4, 0.5) is 0 Å². The second kappa shape index (κ2) is 10.3. The third-order valence-electron chi connectivity index (χ3n) is 5.54. The van der Waals surface area contributed by atoms with Crippen molar-refractivity contribution < 1.29 is 24.6 Å². The molecule has 172 valence electrons. The summed E-state index contributed by atoms with van der Waals surface area (Å²) in [5.41, 5.74) is 2.76. The lowest BCUT2D eigenvalue weighted by Gasteiger charge is -2.31. The molecule has 2 N–H and O–H groups in total. The van der Waals surface area contributed by atoms with Crippen LogP contribution in [0.1, 0.15) is 49.5 Å². The molecule has 3 aromatic rings. The number of aliphatic carboxylic acids is 1. The number of aromatic carboxylic acids is 1. The van der Waals surface area contributed by atoms with Crippen LogP contribution in [-0.4, -0.2) is 44.0 Å². The highest BCUT2D eigenvalue weighted by Crippen LogP contribution is 2.26. The number of aromatic nitrogens is 1. The fraction of sp³-hybridized carbons (Fsp3) is 0.308. The van der Waals surface area contributed by atoms with E-state index in [1.807, 2.05) is 31.2 Å². The van der Waals surface area contributed by atoms with E-state index in [0.29, 0.717) is 23.2 Å². The van der Waals surface area contributed by atoms with Gasteiger partial charge in [-0.1, -0.05) is 51.1 Å². The second-order valence-electron chi connectivity index (χ2n) is 8.37. The van der Waals surface area contributed by atoms with Crippen molar-refractivity contribution in [2.75, 3.05) is 0 Å². The summed E-state index contributed by atoms with van der Waals surface area (Å²) in [6, 6.07) is 15.0. The third-order valence-corrected chi connectivity index (χ3v) is 5.54. The van der Waals surface area contributed by atoms with Crippen molar-refractivity contribution in [2.45, 2.75) is 46.2 Å². The van der Waals surface area contributed by atoms with Gasteiger partial charge in [0.15, 0.2) is 0 Å². The first-order chi connectivity index (χ1) is 15.7. The molecule has 0 aliphatic carbocycles. The molecule has 1 amide bonds. The Labute approximate surface area is 192 Å². The van der Waals surface area contributed by atoms with Crippen molar-refractivity contribution in [2.24, 2.45) is 5.92 Å². The Hall–Kier alpha value is -3.74. The average Bonchev–Trinajstić information content (AvgIpc) is 2.77. The number of rotatable bonds is 9. The number of amides is 1. The van der Waals surface area contributed by atoms with Gasteiger partial charge in [-0.05, 0) is 42.2 Å². The molecule has 3 rings (SSSR count). The molecule has 1 heterocycles. The van der Waals surface area contributed by atoms with Gasteiger partial charge in [0, 0.05) is 23.9 Å². The van der Waals surface area contributed by atoms with Gasteiger partial charge in [-0.15, -0.1) is 0 Å². The molecule has 0 saturated heterocycles. The summed E-state index contributed by atoms with van der Waals surface area (Å²) < 4.78 is 0. The van der Waals surface area contributed by atoms with E-state index in [4.69, 9.17) is 0 Å². The minimum atomic E-state index is -1.02. The quantitative estimate of drug-likeness (QED) is 0.485. The Kier molecular flexibility index (Phi) is 7.43. The van der Waals surface area contributed by atoms with Crippen LogP contribution in [0.5, 0.6) is 0 Å². The Morgan fingerprint density at radius 2 is 1.73 bits per heavy atom. The molecular formula is C26H28N2O5. The Bertz CT molecular complexity index is 1190. The summed E-state index contributed by atoms with van der Waals surface area (Å²) in [5, 5.41) is 20.0. The number of carboxylic acid groups (broad SMARTS) is 2. The first kappa shape index (κ1) is 23.9. The normalized spacial score (nSPS) is 12.0. The number of hydrogen-bond acceptors (Lipinski definition) is 4. The van der Waals surface area contributed by atoms with Crippen molar-refractivity contribution in [1.82, 2.24) is 9.88 Å². The highest BCUT2D eigenvalue weighted by Gasteiger charge is 2.32. The first-order valence-corrected chi connectivity index (χ1v) is 11.0. The molecule has 0 unspecified atom stereocenters. The van der Waals surface area contributed by atoms with Crippen LogP contribution < -0.4 is 0 Å². The lowest BCUT2D eigenvalue weighted by Crippen LogP contribution is -2.47. The highest BCUT2D eigenvalue weighted by molar-refractivity contribution is 5.96. The second-order valence-corrected chi connectivity index (χ2v) is 8.37. The average molecular weight is 449 g/mol. The molecular weight excluding hydrogens is 420 g/mol. The Morgan fingerprint density at radius 3 is 2.36 bits per heavy atom. The van der Waals surface area contributed by atoms with Gasteiger partial charge in [0.25, 0.3) is 0 Å². The van der Waals surface area contributed by atoms with E-state index < -0.39 is 18.0 Å². The lowest BCUT2D eigenvalue weighted by molar-refractivity contribution is -0.153. The molecule has 0 aliphatic heterocycles. The summed E-state index contributed by atoms with van der Waals surface area (Å²) in [6.07, 6.45) is 0.931. The topological polar surface area (TPSA) is 108 Å². The van der Waals surface area contributed by atoms with Crippen molar-refractivity contribution in [3.05, 3.63) is 65.7 Å². The van der Waals surface area contributed by atoms with Crippen LogP contribution in [0.3, 0.4) is 0 Å². The van der Waals surface area contributed by atoms with Gasteiger partial charge in [0.2, 0.25) is 5.91 Å². The number of nitrogens with zero attached hydrogens (tertiary/aromatic N) is 2. The monoisotopic (exact) mass is 448 g/mol. The van der Waals surface area contributed by atoms with Gasteiger partial charge in [-0.2, -0.15) is 0 Å². The lowest BCUT2D eigenvalue weighted by atomic mass is 10.00. The fourth-order valence-electron chi connectivity index (χ4n) is 3.99. The van der Waals surface area contributed by atoms with E-state index in [1.54, 1.807) is 44.2 Å². The van der Waals surface area contributed by atoms with Gasteiger partial charge >= 0.3 is 11.9 Å².